The number of hydrogen-bond acceptors (Lipinski definition) is 7. The molecule has 0 radical (unpaired) electrons. The molecule has 0 bridgehead atoms. The van der Waals surface area contributed by atoms with Gasteiger partial charge in [0.05, 0.1) is 13.1 Å². The van der Waals surface area contributed by atoms with Crippen LogP contribution in [0, 0.1) is 10.8 Å². The third kappa shape index (κ3) is 9.93. The van der Waals surface area contributed by atoms with Crippen LogP contribution in [0.3, 0.4) is 0 Å². The van der Waals surface area contributed by atoms with Crippen LogP contribution in [0.2, 0.25) is 0 Å². The van der Waals surface area contributed by atoms with Crippen molar-refractivity contribution in [3.63, 3.8) is 0 Å². The highest BCUT2D eigenvalue weighted by Crippen LogP contribution is 2.06. The van der Waals surface area contributed by atoms with Crippen molar-refractivity contribution in [1.82, 2.24) is 31.1 Å². The van der Waals surface area contributed by atoms with Crippen molar-refractivity contribution in [1.29, 1.82) is 10.8 Å². The van der Waals surface area contributed by atoms with E-state index in [0.29, 0.717) is 32.6 Å². The van der Waals surface area contributed by atoms with Gasteiger partial charge in [0.15, 0.2) is 11.9 Å². The van der Waals surface area contributed by atoms with Gasteiger partial charge in [-0.15, -0.1) is 0 Å². The van der Waals surface area contributed by atoms with E-state index in [0.717, 1.165) is 5.56 Å². The lowest BCUT2D eigenvalue weighted by Crippen LogP contribution is -2.57. The standard InChI is InChI=1S/C23H37N11O4/c24-12-18(35)31-16(11-15-5-2-1-3-6-15)20(37)29-14-19(36)32-17(13-30-22(25)26)21(38)33-7-4-8-34(10-9-33)23(27)28/h1-3,5-6,16-17H,4,7-14,24H2,(H3,27,28)(H,29,37)(H,31,35)(H,32,36)(H4,25,26,30)/t16-,17-/m1/s1. The number of amides is 4. The van der Waals surface area contributed by atoms with Gasteiger partial charge in [-0.1, -0.05) is 30.3 Å². The minimum absolute atomic E-state index is 0.0774. The van der Waals surface area contributed by atoms with Crippen molar-refractivity contribution in [2.24, 2.45) is 17.2 Å². The highest BCUT2D eigenvalue weighted by atomic mass is 16.2. The van der Waals surface area contributed by atoms with Crippen molar-refractivity contribution in [3.05, 3.63) is 35.9 Å². The van der Waals surface area contributed by atoms with E-state index < -0.39 is 42.3 Å². The second-order valence-corrected chi connectivity index (χ2v) is 8.70. The molecule has 1 aliphatic rings. The van der Waals surface area contributed by atoms with Crippen molar-refractivity contribution in [3.8, 4) is 0 Å². The highest BCUT2D eigenvalue weighted by Gasteiger charge is 2.28. The molecular weight excluding hydrogens is 494 g/mol. The van der Waals surface area contributed by atoms with Gasteiger partial charge < -0.3 is 48.3 Å². The van der Waals surface area contributed by atoms with E-state index in [9.17, 15) is 19.2 Å². The van der Waals surface area contributed by atoms with Crippen LogP contribution < -0.4 is 38.5 Å². The number of nitrogens with two attached hydrogens (primary N) is 3. The topological polar surface area (TPSA) is 249 Å². The van der Waals surface area contributed by atoms with Gasteiger partial charge in [0.2, 0.25) is 23.6 Å². The molecule has 0 aliphatic carbocycles. The van der Waals surface area contributed by atoms with E-state index in [2.05, 4.69) is 21.3 Å². The summed E-state index contributed by atoms with van der Waals surface area (Å²) in [4.78, 5) is 53.7. The summed E-state index contributed by atoms with van der Waals surface area (Å²) in [5.74, 6) is -2.61. The second-order valence-electron chi connectivity index (χ2n) is 8.70. The molecule has 0 aromatic heterocycles. The molecule has 0 saturated carbocycles. The minimum atomic E-state index is -1.07. The molecule has 208 valence electrons. The summed E-state index contributed by atoms with van der Waals surface area (Å²) in [6.45, 7) is 0.701. The molecular formula is C23H37N11O4. The van der Waals surface area contributed by atoms with Crippen LogP contribution in [-0.2, 0) is 25.6 Å². The SMILES string of the molecule is N=C(N)NC[C@@H](NC(=O)CNC(=O)[C@@H](Cc1ccccc1)NC(=O)CN)C(=O)N1CCCN(C(=N)N)CC1. The molecule has 12 N–H and O–H groups in total. The zero-order chi connectivity index (χ0) is 28.1. The molecule has 1 fully saturated rings. The Hall–Kier alpha value is -4.40. The van der Waals surface area contributed by atoms with Gasteiger partial charge in [-0.2, -0.15) is 0 Å². The predicted octanol–water partition coefficient (Wildman–Crippen LogP) is -3.82. The molecule has 2 rings (SSSR count). The lowest BCUT2D eigenvalue weighted by molar-refractivity contribution is -0.136. The van der Waals surface area contributed by atoms with Gasteiger partial charge in [-0.05, 0) is 12.0 Å². The average Bonchev–Trinajstić information content (AvgIpc) is 3.16. The number of benzene rings is 1. The zero-order valence-electron chi connectivity index (χ0n) is 21.2. The summed E-state index contributed by atoms with van der Waals surface area (Å²) in [6.07, 6.45) is 0.773. The monoisotopic (exact) mass is 531 g/mol. The van der Waals surface area contributed by atoms with Crippen LogP contribution in [0.4, 0.5) is 0 Å². The first-order valence-electron chi connectivity index (χ1n) is 12.2. The molecule has 38 heavy (non-hydrogen) atoms. The van der Waals surface area contributed by atoms with Crippen LogP contribution in [0.1, 0.15) is 12.0 Å². The Balaban J connectivity index is 2.01. The Kier molecular flexibility index (Phi) is 11.8. The first kappa shape index (κ1) is 29.8. The maximum atomic E-state index is 13.2. The molecule has 2 atom stereocenters. The van der Waals surface area contributed by atoms with Crippen LogP contribution in [0.15, 0.2) is 30.3 Å². The fourth-order valence-electron chi connectivity index (χ4n) is 3.86. The van der Waals surface area contributed by atoms with Gasteiger partial charge in [-0.25, -0.2) is 0 Å². The molecule has 4 amide bonds. The van der Waals surface area contributed by atoms with E-state index in [1.165, 1.54) is 0 Å². The van der Waals surface area contributed by atoms with Gasteiger partial charge in [-0.3, -0.25) is 30.0 Å². The van der Waals surface area contributed by atoms with Gasteiger partial charge in [0.25, 0.3) is 0 Å². The normalized spacial score (nSPS) is 14.9. The van der Waals surface area contributed by atoms with E-state index in [1.807, 2.05) is 6.07 Å². The van der Waals surface area contributed by atoms with Crippen molar-refractivity contribution in [2.45, 2.75) is 24.9 Å². The quantitative estimate of drug-likeness (QED) is 0.100. The third-order valence-electron chi connectivity index (χ3n) is 5.82. The molecule has 1 saturated heterocycles. The van der Waals surface area contributed by atoms with Gasteiger partial charge in [0.1, 0.15) is 12.1 Å². The number of guanidine groups is 2. The summed E-state index contributed by atoms with van der Waals surface area (Å²) in [6, 6.07) is 7.01. The first-order valence-corrected chi connectivity index (χ1v) is 12.2. The zero-order valence-corrected chi connectivity index (χ0v) is 21.2. The lowest BCUT2D eigenvalue weighted by atomic mass is 10.1. The molecule has 1 heterocycles. The third-order valence-corrected chi connectivity index (χ3v) is 5.82. The van der Waals surface area contributed by atoms with E-state index in [-0.39, 0.29) is 31.4 Å². The molecule has 1 aromatic carbocycles. The number of nitrogens with zero attached hydrogens (tertiary/aromatic N) is 2. The Morgan fingerprint density at radius 1 is 0.868 bits per heavy atom. The lowest BCUT2D eigenvalue weighted by Gasteiger charge is -2.27. The maximum Gasteiger partial charge on any atom is 0.247 e. The largest absolute Gasteiger partial charge is 0.370 e. The smallest absolute Gasteiger partial charge is 0.247 e. The fourth-order valence-corrected chi connectivity index (χ4v) is 3.86. The summed E-state index contributed by atoms with van der Waals surface area (Å²) in [7, 11) is 0. The maximum absolute atomic E-state index is 13.2. The molecule has 1 aromatic rings. The fraction of sp³-hybridized carbons (Fsp3) is 0.478. The van der Waals surface area contributed by atoms with Crippen molar-refractivity contribution < 1.29 is 19.2 Å². The first-order chi connectivity index (χ1) is 18.1. The summed E-state index contributed by atoms with van der Waals surface area (Å²) in [5.41, 5.74) is 17.1. The molecule has 0 spiro atoms. The molecule has 0 unspecified atom stereocenters. The van der Waals surface area contributed by atoms with Crippen LogP contribution in [0.5, 0.6) is 0 Å². The Morgan fingerprint density at radius 2 is 1.50 bits per heavy atom. The van der Waals surface area contributed by atoms with Gasteiger partial charge >= 0.3 is 0 Å². The highest BCUT2D eigenvalue weighted by molar-refractivity contribution is 5.93. The summed E-state index contributed by atoms with van der Waals surface area (Å²) < 4.78 is 0. The van der Waals surface area contributed by atoms with Gasteiger partial charge in [0, 0.05) is 39.1 Å². The second kappa shape index (κ2) is 15.0. The van der Waals surface area contributed by atoms with E-state index in [4.69, 9.17) is 28.0 Å². The molecule has 15 nitrogen and oxygen atoms in total. The summed E-state index contributed by atoms with van der Waals surface area (Å²) in [5, 5.41) is 25.1. The number of carbonyl (C=O) groups excluding carboxylic acids is 4. The Bertz CT molecular complexity index is 1000. The number of hydrogen-bond donors (Lipinski definition) is 9. The van der Waals surface area contributed by atoms with E-state index >= 15 is 0 Å². The van der Waals surface area contributed by atoms with Crippen molar-refractivity contribution in [2.75, 3.05) is 45.8 Å². The van der Waals surface area contributed by atoms with Crippen LogP contribution in [-0.4, -0.2) is 103 Å². The predicted molar refractivity (Wildman–Crippen MR) is 141 cm³/mol. The molecule has 15 heteroatoms. The Labute approximate surface area is 220 Å². The number of carbonyl (C=O) groups is 4. The minimum Gasteiger partial charge on any atom is -0.370 e. The number of rotatable bonds is 11. The van der Waals surface area contributed by atoms with Crippen molar-refractivity contribution >= 4 is 35.5 Å². The Morgan fingerprint density at radius 3 is 2.13 bits per heavy atom. The summed E-state index contributed by atoms with van der Waals surface area (Å²) >= 11 is 0. The average molecular weight is 532 g/mol. The van der Waals surface area contributed by atoms with Crippen LogP contribution >= 0.6 is 0 Å². The molecule has 1 aliphatic heterocycles. The van der Waals surface area contributed by atoms with Crippen LogP contribution in [0.25, 0.3) is 0 Å². The van der Waals surface area contributed by atoms with E-state index in [1.54, 1.807) is 34.1 Å². The number of nitrogens with one attached hydrogen (secondary N) is 6.